The predicted octanol–water partition coefficient (Wildman–Crippen LogP) is 4.23. The minimum atomic E-state index is -1.12. The van der Waals surface area contributed by atoms with Crippen LogP contribution in [-0.2, 0) is 35.1 Å². The van der Waals surface area contributed by atoms with Crippen LogP contribution in [0.25, 0.3) is 0 Å². The molecule has 3 heterocycles. The van der Waals surface area contributed by atoms with Crippen molar-refractivity contribution in [3.8, 4) is 0 Å². The second-order valence-electron chi connectivity index (χ2n) is 9.48. The van der Waals surface area contributed by atoms with Gasteiger partial charge in [0, 0.05) is 17.4 Å². The summed E-state index contributed by atoms with van der Waals surface area (Å²) < 4.78 is 11.5. The van der Waals surface area contributed by atoms with Gasteiger partial charge in [-0.25, -0.2) is 4.79 Å². The van der Waals surface area contributed by atoms with Crippen LogP contribution < -0.4 is 5.32 Å². The first-order valence-corrected chi connectivity index (χ1v) is 14.6. The summed E-state index contributed by atoms with van der Waals surface area (Å²) in [6.45, 7) is 2.95. The lowest BCUT2D eigenvalue weighted by molar-refractivity contribution is -0.166. The Morgan fingerprint density at radius 1 is 0.950 bits per heavy atom. The van der Waals surface area contributed by atoms with Gasteiger partial charge >= 0.3 is 11.9 Å². The summed E-state index contributed by atoms with van der Waals surface area (Å²) in [5, 5.41) is 5.95. The van der Waals surface area contributed by atoms with Crippen LogP contribution in [0.1, 0.15) is 36.0 Å². The summed E-state index contributed by atoms with van der Waals surface area (Å²) in [6.07, 6.45) is -1.31. The molecule has 4 atom stereocenters. The molecule has 1 aromatic heterocycles. The number of hydrogen-bond acceptors (Lipinski definition) is 8. The summed E-state index contributed by atoms with van der Waals surface area (Å²) in [4.78, 5) is 54.1. The molecule has 2 amide bonds. The third-order valence-electron chi connectivity index (χ3n) is 6.72. The summed E-state index contributed by atoms with van der Waals surface area (Å²) in [5.41, 5.74) is 1.99. The number of hydrogen-bond donors (Lipinski definition) is 1. The van der Waals surface area contributed by atoms with Gasteiger partial charge in [-0.2, -0.15) is 0 Å². The fraction of sp³-hybridized carbons (Fsp3) is 0.267. The maximum atomic E-state index is 13.9. The van der Waals surface area contributed by atoms with Crippen molar-refractivity contribution in [2.45, 2.75) is 49.9 Å². The maximum absolute atomic E-state index is 13.9. The Labute approximate surface area is 240 Å². The molecule has 2 aliphatic heterocycles. The summed E-state index contributed by atoms with van der Waals surface area (Å²) >= 11 is 2.77. The first-order chi connectivity index (χ1) is 19.3. The van der Waals surface area contributed by atoms with E-state index in [2.05, 4.69) is 5.32 Å². The lowest BCUT2D eigenvalue weighted by Crippen LogP contribution is -2.74. The van der Waals surface area contributed by atoms with Crippen LogP contribution in [0.4, 0.5) is 0 Å². The highest BCUT2D eigenvalue weighted by Crippen LogP contribution is 2.42. The normalized spacial score (nSPS) is 20.6. The number of carbonyl (C=O) groups is 4. The number of ether oxygens (including phenoxy) is 2. The van der Waals surface area contributed by atoms with Gasteiger partial charge in [-0.3, -0.25) is 14.4 Å². The zero-order valence-electron chi connectivity index (χ0n) is 21.9. The van der Waals surface area contributed by atoms with E-state index in [1.54, 1.807) is 12.3 Å². The number of thiophene rings is 1. The van der Waals surface area contributed by atoms with Crippen molar-refractivity contribution in [1.82, 2.24) is 10.2 Å². The highest BCUT2D eigenvalue weighted by Gasteiger charge is 2.57. The Morgan fingerprint density at radius 3 is 2.17 bits per heavy atom. The molecule has 40 heavy (non-hydrogen) atoms. The van der Waals surface area contributed by atoms with Crippen molar-refractivity contribution in [2.75, 3.05) is 0 Å². The fourth-order valence-electron chi connectivity index (χ4n) is 4.86. The van der Waals surface area contributed by atoms with Crippen LogP contribution in [-0.4, -0.2) is 52.2 Å². The van der Waals surface area contributed by atoms with Crippen LogP contribution in [0.5, 0.6) is 0 Å². The smallest absolute Gasteiger partial charge is 0.334 e. The number of β-lactam (4-membered cyclic amide) rings is 1. The molecule has 8 nitrogen and oxygen atoms in total. The van der Waals surface area contributed by atoms with Crippen molar-refractivity contribution >= 4 is 46.9 Å². The molecule has 10 heteroatoms. The second kappa shape index (κ2) is 12.1. The molecule has 1 saturated heterocycles. The van der Waals surface area contributed by atoms with Gasteiger partial charge in [0.15, 0.2) is 12.1 Å². The summed E-state index contributed by atoms with van der Waals surface area (Å²) in [7, 11) is 0. The van der Waals surface area contributed by atoms with Crippen molar-refractivity contribution < 1.29 is 28.7 Å². The molecule has 3 aromatic rings. The SMILES string of the molecule is CC(=O)OC(C)C1=CS[C@@H]2C(NC(=O)Cc3cccs3)C(=O)N2C1C(=O)OC(c1ccccc1)c1ccccc1. The highest BCUT2D eigenvalue weighted by atomic mass is 32.2. The Bertz CT molecular complexity index is 1370. The van der Waals surface area contributed by atoms with Gasteiger partial charge in [0.05, 0.1) is 6.42 Å². The van der Waals surface area contributed by atoms with Crippen molar-refractivity contribution in [1.29, 1.82) is 0 Å². The van der Waals surface area contributed by atoms with Crippen LogP contribution >= 0.6 is 23.1 Å². The number of esters is 2. The van der Waals surface area contributed by atoms with Crippen molar-refractivity contribution in [3.63, 3.8) is 0 Å². The summed E-state index contributed by atoms with van der Waals surface area (Å²) in [5.74, 6) is -1.82. The lowest BCUT2D eigenvalue weighted by atomic mass is 9.94. The van der Waals surface area contributed by atoms with Crippen LogP contribution in [0.3, 0.4) is 0 Å². The summed E-state index contributed by atoms with van der Waals surface area (Å²) in [6, 6.07) is 20.5. The Hall–Kier alpha value is -3.89. The highest BCUT2D eigenvalue weighted by molar-refractivity contribution is 8.03. The topological polar surface area (TPSA) is 102 Å². The molecule has 1 fully saturated rings. The number of nitrogens with zero attached hydrogens (tertiary/aromatic N) is 1. The zero-order chi connectivity index (χ0) is 28.2. The molecule has 0 spiro atoms. The van der Waals surface area contributed by atoms with E-state index in [9.17, 15) is 19.2 Å². The molecular weight excluding hydrogens is 548 g/mol. The van der Waals surface area contributed by atoms with Crippen molar-refractivity contribution in [3.05, 3.63) is 105 Å². The van der Waals surface area contributed by atoms with Gasteiger partial charge in [-0.05, 0) is 34.9 Å². The number of amides is 2. The lowest BCUT2D eigenvalue weighted by Gasteiger charge is -2.52. The minimum absolute atomic E-state index is 0.171. The van der Waals surface area contributed by atoms with Gasteiger partial charge in [0.1, 0.15) is 17.5 Å². The van der Waals surface area contributed by atoms with E-state index in [0.717, 1.165) is 16.0 Å². The van der Waals surface area contributed by atoms with E-state index in [1.165, 1.54) is 34.9 Å². The Kier molecular flexibility index (Phi) is 8.37. The minimum Gasteiger partial charge on any atom is -0.458 e. The van der Waals surface area contributed by atoms with Crippen LogP contribution in [0.15, 0.2) is 89.2 Å². The average Bonchev–Trinajstić information content (AvgIpc) is 3.47. The maximum Gasteiger partial charge on any atom is 0.334 e. The number of benzene rings is 2. The molecule has 2 aromatic carbocycles. The van der Waals surface area contributed by atoms with Gasteiger partial charge in [-0.1, -0.05) is 66.7 Å². The fourth-order valence-corrected chi connectivity index (χ4v) is 6.88. The van der Waals surface area contributed by atoms with E-state index in [1.807, 2.05) is 78.2 Å². The van der Waals surface area contributed by atoms with E-state index >= 15 is 0 Å². The zero-order valence-corrected chi connectivity index (χ0v) is 23.5. The molecule has 5 rings (SSSR count). The Balaban J connectivity index is 1.41. The average molecular weight is 577 g/mol. The van der Waals surface area contributed by atoms with Gasteiger partial charge in [0.2, 0.25) is 11.8 Å². The van der Waals surface area contributed by atoms with E-state index in [0.29, 0.717) is 5.57 Å². The van der Waals surface area contributed by atoms with E-state index in [-0.39, 0.29) is 12.3 Å². The molecule has 0 saturated carbocycles. The number of rotatable bonds is 9. The number of thioether (sulfide) groups is 1. The predicted molar refractivity (Wildman–Crippen MR) is 152 cm³/mol. The second-order valence-corrected chi connectivity index (χ2v) is 11.5. The van der Waals surface area contributed by atoms with Gasteiger partial charge in [0.25, 0.3) is 0 Å². The number of carbonyl (C=O) groups excluding carboxylic acids is 4. The molecular formula is C30H28N2O6S2. The molecule has 2 aliphatic rings. The molecule has 0 aliphatic carbocycles. The van der Waals surface area contributed by atoms with Gasteiger partial charge < -0.3 is 19.7 Å². The van der Waals surface area contributed by atoms with Gasteiger partial charge in [-0.15, -0.1) is 23.1 Å². The first kappa shape index (κ1) is 27.7. The third kappa shape index (κ3) is 5.83. The quantitative estimate of drug-likeness (QED) is 0.301. The monoisotopic (exact) mass is 576 g/mol. The first-order valence-electron chi connectivity index (χ1n) is 12.8. The van der Waals surface area contributed by atoms with Crippen molar-refractivity contribution in [2.24, 2.45) is 0 Å². The standard InChI is InChI=1S/C30H28N2O6S2/c1-18(37-19(2)33)23-17-40-29-25(31-24(34)16-22-14-9-15-39-22)28(35)32(29)26(23)30(36)38-27(20-10-5-3-6-11-20)21-12-7-4-8-13-21/h3-15,17-18,25-27,29H,16H2,1-2H3,(H,31,34)/t18?,25?,26?,29-/m1/s1. The Morgan fingerprint density at radius 2 is 1.60 bits per heavy atom. The molecule has 206 valence electrons. The van der Waals surface area contributed by atoms with E-state index < -0.39 is 47.5 Å². The van der Waals surface area contributed by atoms with Crippen LogP contribution in [0, 0.1) is 0 Å². The third-order valence-corrected chi connectivity index (χ3v) is 8.79. The number of nitrogens with one attached hydrogen (secondary N) is 1. The molecule has 3 unspecified atom stereocenters. The molecule has 0 bridgehead atoms. The van der Waals surface area contributed by atoms with E-state index in [4.69, 9.17) is 9.47 Å². The largest absolute Gasteiger partial charge is 0.458 e. The number of fused-ring (bicyclic) bond motifs is 1. The molecule has 0 radical (unpaired) electrons. The van der Waals surface area contributed by atoms with Crippen LogP contribution in [0.2, 0.25) is 0 Å². The molecule has 1 N–H and O–H groups in total.